The number of likely N-dealkylation sites (N-methyl/N-ethyl adjacent to an activating group) is 1. The number of nitrogens with one attached hydrogen (secondary N) is 1. The molecule has 0 saturated heterocycles. The highest BCUT2D eigenvalue weighted by molar-refractivity contribution is 9.10. The van der Waals surface area contributed by atoms with Gasteiger partial charge in [0.1, 0.15) is 11.8 Å². The van der Waals surface area contributed by atoms with E-state index in [4.69, 9.17) is 16.3 Å². The average Bonchev–Trinajstić information content (AvgIpc) is 2.66. The number of carbonyl (C=O) groups excluding carboxylic acids is 2. The van der Waals surface area contributed by atoms with Crippen molar-refractivity contribution in [2.45, 2.75) is 26.4 Å². The van der Waals surface area contributed by atoms with Crippen LogP contribution in [-0.2, 0) is 16.1 Å². The van der Waals surface area contributed by atoms with Crippen LogP contribution < -0.4 is 10.1 Å². The number of ether oxygens (including phenoxy) is 1. The Kier molecular flexibility index (Phi) is 8.13. The smallest absolute Gasteiger partial charge is 0.261 e. The van der Waals surface area contributed by atoms with Gasteiger partial charge in [0.2, 0.25) is 5.91 Å². The standard InChI is InChI=1S/C20H22BrClN2O3/c1-3-23-20(26)14(2)24(12-15-6-4-5-7-18(15)22)19(25)13-27-17-10-8-16(21)9-11-17/h4-11,14H,3,12-13H2,1-2H3,(H,23,26). The second-order valence-electron chi connectivity index (χ2n) is 5.93. The van der Waals surface area contributed by atoms with Gasteiger partial charge in [0.05, 0.1) is 0 Å². The molecule has 0 aliphatic heterocycles. The molecule has 0 aliphatic rings. The average molecular weight is 454 g/mol. The quantitative estimate of drug-likeness (QED) is 0.656. The van der Waals surface area contributed by atoms with E-state index in [1.807, 2.05) is 37.3 Å². The Hall–Kier alpha value is -2.05. The van der Waals surface area contributed by atoms with Crippen LogP contribution in [0.1, 0.15) is 19.4 Å². The van der Waals surface area contributed by atoms with Crippen molar-refractivity contribution in [1.82, 2.24) is 10.2 Å². The Morgan fingerprint density at radius 3 is 2.48 bits per heavy atom. The summed E-state index contributed by atoms with van der Waals surface area (Å²) < 4.78 is 6.51. The third-order valence-corrected chi connectivity index (χ3v) is 4.89. The molecule has 2 aromatic carbocycles. The first-order valence-corrected chi connectivity index (χ1v) is 9.78. The van der Waals surface area contributed by atoms with E-state index in [1.165, 1.54) is 4.90 Å². The van der Waals surface area contributed by atoms with Crippen LogP contribution in [0.2, 0.25) is 5.02 Å². The van der Waals surface area contributed by atoms with Crippen LogP contribution in [0.25, 0.3) is 0 Å². The number of amides is 2. The van der Waals surface area contributed by atoms with E-state index < -0.39 is 6.04 Å². The molecular formula is C20H22BrClN2O3. The summed E-state index contributed by atoms with van der Waals surface area (Å²) in [6.07, 6.45) is 0. The molecule has 2 rings (SSSR count). The molecule has 0 radical (unpaired) electrons. The van der Waals surface area contributed by atoms with Gasteiger partial charge >= 0.3 is 0 Å². The van der Waals surface area contributed by atoms with Gasteiger partial charge in [0.25, 0.3) is 5.91 Å². The predicted molar refractivity (Wildman–Crippen MR) is 110 cm³/mol. The first-order chi connectivity index (χ1) is 12.9. The Balaban J connectivity index is 2.14. The minimum atomic E-state index is -0.651. The molecule has 1 N–H and O–H groups in total. The molecular weight excluding hydrogens is 432 g/mol. The van der Waals surface area contributed by atoms with E-state index in [0.717, 1.165) is 10.0 Å². The van der Waals surface area contributed by atoms with Crippen molar-refractivity contribution in [3.05, 3.63) is 63.6 Å². The van der Waals surface area contributed by atoms with Gasteiger partial charge in [-0.1, -0.05) is 45.7 Å². The maximum absolute atomic E-state index is 12.8. The van der Waals surface area contributed by atoms with E-state index in [2.05, 4.69) is 21.2 Å². The van der Waals surface area contributed by atoms with Crippen LogP contribution >= 0.6 is 27.5 Å². The van der Waals surface area contributed by atoms with Crippen molar-refractivity contribution >= 4 is 39.3 Å². The van der Waals surface area contributed by atoms with Gasteiger partial charge in [-0.2, -0.15) is 0 Å². The number of rotatable bonds is 8. The van der Waals surface area contributed by atoms with Crippen molar-refractivity contribution in [2.24, 2.45) is 0 Å². The first-order valence-electron chi connectivity index (χ1n) is 8.61. The SMILES string of the molecule is CCNC(=O)C(C)N(Cc1ccccc1Cl)C(=O)COc1ccc(Br)cc1. The molecule has 0 aliphatic carbocycles. The second kappa shape index (κ2) is 10.3. The summed E-state index contributed by atoms with van der Waals surface area (Å²) in [5.74, 6) is 0.0630. The lowest BCUT2D eigenvalue weighted by Crippen LogP contribution is -2.49. The van der Waals surface area contributed by atoms with E-state index in [9.17, 15) is 9.59 Å². The molecule has 5 nitrogen and oxygen atoms in total. The topological polar surface area (TPSA) is 58.6 Å². The van der Waals surface area contributed by atoms with Crippen molar-refractivity contribution < 1.29 is 14.3 Å². The highest BCUT2D eigenvalue weighted by atomic mass is 79.9. The number of nitrogens with zero attached hydrogens (tertiary/aromatic N) is 1. The zero-order valence-electron chi connectivity index (χ0n) is 15.2. The van der Waals surface area contributed by atoms with E-state index in [-0.39, 0.29) is 25.0 Å². The van der Waals surface area contributed by atoms with Gasteiger partial charge in [-0.25, -0.2) is 0 Å². The Bertz CT molecular complexity index is 783. The van der Waals surface area contributed by atoms with E-state index in [0.29, 0.717) is 17.3 Å². The molecule has 2 amide bonds. The van der Waals surface area contributed by atoms with Gasteiger partial charge in [0, 0.05) is 22.6 Å². The van der Waals surface area contributed by atoms with Crippen LogP contribution in [0.15, 0.2) is 53.0 Å². The molecule has 7 heteroatoms. The summed E-state index contributed by atoms with van der Waals surface area (Å²) in [4.78, 5) is 26.6. The summed E-state index contributed by atoms with van der Waals surface area (Å²) in [5, 5.41) is 3.30. The van der Waals surface area contributed by atoms with Crippen molar-refractivity contribution in [1.29, 1.82) is 0 Å². The molecule has 0 fully saturated rings. The summed E-state index contributed by atoms with van der Waals surface area (Å²) in [6, 6.07) is 13.8. The minimum absolute atomic E-state index is 0.171. The fourth-order valence-corrected chi connectivity index (χ4v) is 2.93. The largest absolute Gasteiger partial charge is 0.484 e. The highest BCUT2D eigenvalue weighted by Crippen LogP contribution is 2.20. The van der Waals surface area contributed by atoms with Gasteiger partial charge in [-0.05, 0) is 49.7 Å². The maximum atomic E-state index is 12.8. The minimum Gasteiger partial charge on any atom is -0.484 e. The zero-order valence-corrected chi connectivity index (χ0v) is 17.6. The molecule has 2 aromatic rings. The van der Waals surface area contributed by atoms with Crippen LogP contribution in [0.3, 0.4) is 0 Å². The molecule has 0 aromatic heterocycles. The Labute approximate surface area is 172 Å². The van der Waals surface area contributed by atoms with Gasteiger partial charge < -0.3 is 15.0 Å². The molecule has 144 valence electrons. The molecule has 0 heterocycles. The predicted octanol–water partition coefficient (Wildman–Crippen LogP) is 4.03. The Morgan fingerprint density at radius 2 is 1.85 bits per heavy atom. The highest BCUT2D eigenvalue weighted by Gasteiger charge is 2.26. The van der Waals surface area contributed by atoms with E-state index in [1.54, 1.807) is 25.1 Å². The molecule has 0 spiro atoms. The van der Waals surface area contributed by atoms with Crippen LogP contribution in [0.4, 0.5) is 0 Å². The van der Waals surface area contributed by atoms with Crippen LogP contribution in [-0.4, -0.2) is 35.9 Å². The molecule has 0 bridgehead atoms. The first kappa shape index (κ1) is 21.3. The lowest BCUT2D eigenvalue weighted by atomic mass is 10.1. The maximum Gasteiger partial charge on any atom is 0.261 e. The van der Waals surface area contributed by atoms with Crippen molar-refractivity contribution in [2.75, 3.05) is 13.2 Å². The third-order valence-electron chi connectivity index (χ3n) is 3.99. The van der Waals surface area contributed by atoms with Crippen molar-refractivity contribution in [3.8, 4) is 5.75 Å². The van der Waals surface area contributed by atoms with Crippen LogP contribution in [0.5, 0.6) is 5.75 Å². The number of hydrogen-bond acceptors (Lipinski definition) is 3. The van der Waals surface area contributed by atoms with Crippen LogP contribution in [0, 0.1) is 0 Å². The van der Waals surface area contributed by atoms with Crippen molar-refractivity contribution in [3.63, 3.8) is 0 Å². The fraction of sp³-hybridized carbons (Fsp3) is 0.300. The number of halogens is 2. The van der Waals surface area contributed by atoms with E-state index >= 15 is 0 Å². The fourth-order valence-electron chi connectivity index (χ4n) is 2.47. The summed E-state index contributed by atoms with van der Waals surface area (Å²) in [6.45, 7) is 4.07. The summed E-state index contributed by atoms with van der Waals surface area (Å²) in [5.41, 5.74) is 0.771. The summed E-state index contributed by atoms with van der Waals surface area (Å²) in [7, 11) is 0. The normalized spacial score (nSPS) is 11.6. The zero-order chi connectivity index (χ0) is 19.8. The van der Waals surface area contributed by atoms with Gasteiger partial charge in [0.15, 0.2) is 6.61 Å². The lowest BCUT2D eigenvalue weighted by molar-refractivity contribution is -0.142. The number of benzene rings is 2. The molecule has 1 atom stereocenters. The molecule has 1 unspecified atom stereocenters. The van der Waals surface area contributed by atoms with Gasteiger partial charge in [-0.15, -0.1) is 0 Å². The summed E-state index contributed by atoms with van der Waals surface area (Å²) >= 11 is 9.59. The van der Waals surface area contributed by atoms with Gasteiger partial charge in [-0.3, -0.25) is 9.59 Å². The second-order valence-corrected chi connectivity index (χ2v) is 7.25. The third kappa shape index (κ3) is 6.26. The monoisotopic (exact) mass is 452 g/mol. The number of carbonyl (C=O) groups is 2. The number of hydrogen-bond donors (Lipinski definition) is 1. The molecule has 27 heavy (non-hydrogen) atoms. The lowest BCUT2D eigenvalue weighted by Gasteiger charge is -2.29. The Morgan fingerprint density at radius 1 is 1.19 bits per heavy atom. The molecule has 0 saturated carbocycles.